The number of hydrogen-bond acceptors (Lipinski definition) is 5. The summed E-state index contributed by atoms with van der Waals surface area (Å²) < 4.78 is 6.20. The first-order valence-corrected chi connectivity index (χ1v) is 9.16. The number of anilines is 1. The van der Waals surface area contributed by atoms with Gasteiger partial charge >= 0.3 is 0 Å². The number of pyridine rings is 1. The smallest absolute Gasteiger partial charge is 0.230 e. The molecule has 3 aromatic heterocycles. The molecule has 1 saturated heterocycles. The normalized spacial score (nSPS) is 15.0. The van der Waals surface area contributed by atoms with Crippen molar-refractivity contribution in [1.29, 1.82) is 0 Å². The number of rotatable bonds is 2. The van der Waals surface area contributed by atoms with Gasteiger partial charge in [0.1, 0.15) is 11.8 Å². The molecular weight excluding hydrogens is 324 g/mol. The Morgan fingerprint density at radius 3 is 2.62 bits per heavy atom. The first-order chi connectivity index (χ1) is 12.8. The highest BCUT2D eigenvalue weighted by atomic mass is 16.3. The van der Waals surface area contributed by atoms with E-state index in [4.69, 9.17) is 9.40 Å². The number of nitrogens with zero attached hydrogens (tertiary/aromatic N) is 4. The predicted molar refractivity (Wildman–Crippen MR) is 103 cm³/mol. The van der Waals surface area contributed by atoms with Gasteiger partial charge in [0.15, 0.2) is 11.4 Å². The van der Waals surface area contributed by atoms with Crippen LogP contribution >= 0.6 is 0 Å². The fraction of sp³-hybridized carbons (Fsp3) is 0.286. The molecule has 130 valence electrons. The van der Waals surface area contributed by atoms with Crippen LogP contribution in [0.1, 0.15) is 24.8 Å². The summed E-state index contributed by atoms with van der Waals surface area (Å²) in [5, 5.41) is 0.986. The minimum Gasteiger partial charge on any atom is -0.432 e. The number of benzene rings is 1. The van der Waals surface area contributed by atoms with Crippen LogP contribution in [0, 0.1) is 6.92 Å². The van der Waals surface area contributed by atoms with Crippen LogP contribution in [0.4, 0.5) is 5.82 Å². The first kappa shape index (κ1) is 15.3. The summed E-state index contributed by atoms with van der Waals surface area (Å²) in [6, 6.07) is 12.3. The van der Waals surface area contributed by atoms with Crippen molar-refractivity contribution < 1.29 is 4.42 Å². The van der Waals surface area contributed by atoms with Gasteiger partial charge in [0.05, 0.1) is 11.1 Å². The van der Waals surface area contributed by atoms with E-state index < -0.39 is 0 Å². The maximum atomic E-state index is 6.20. The molecule has 4 heterocycles. The fourth-order valence-corrected chi connectivity index (χ4v) is 3.83. The maximum Gasteiger partial charge on any atom is 0.230 e. The van der Waals surface area contributed by atoms with E-state index in [9.17, 15) is 0 Å². The average Bonchev–Trinajstić information content (AvgIpc) is 3.08. The van der Waals surface area contributed by atoms with Crippen molar-refractivity contribution in [3.63, 3.8) is 0 Å². The Kier molecular flexibility index (Phi) is 3.59. The Morgan fingerprint density at radius 2 is 1.81 bits per heavy atom. The van der Waals surface area contributed by atoms with Crippen LogP contribution in [-0.4, -0.2) is 28.0 Å². The van der Waals surface area contributed by atoms with E-state index in [1.54, 1.807) is 6.33 Å². The number of furan rings is 1. The van der Waals surface area contributed by atoms with Crippen LogP contribution in [-0.2, 0) is 0 Å². The summed E-state index contributed by atoms with van der Waals surface area (Å²) in [7, 11) is 0. The summed E-state index contributed by atoms with van der Waals surface area (Å²) in [5.41, 5.74) is 5.38. The van der Waals surface area contributed by atoms with Crippen molar-refractivity contribution in [3.05, 3.63) is 48.3 Å². The highest BCUT2D eigenvalue weighted by Gasteiger charge is 2.21. The highest BCUT2D eigenvalue weighted by Crippen LogP contribution is 2.35. The number of fused-ring (bicyclic) bond motifs is 3. The molecule has 5 rings (SSSR count). The minimum absolute atomic E-state index is 0.637. The lowest BCUT2D eigenvalue weighted by Crippen LogP contribution is -2.30. The van der Waals surface area contributed by atoms with Crippen LogP contribution in [0.3, 0.4) is 0 Å². The molecule has 1 aromatic carbocycles. The second kappa shape index (κ2) is 6.09. The summed E-state index contributed by atoms with van der Waals surface area (Å²) >= 11 is 0. The van der Waals surface area contributed by atoms with Crippen LogP contribution in [0.5, 0.6) is 0 Å². The van der Waals surface area contributed by atoms with Crippen LogP contribution in [0.25, 0.3) is 33.5 Å². The van der Waals surface area contributed by atoms with Gasteiger partial charge in [-0.2, -0.15) is 0 Å². The molecule has 26 heavy (non-hydrogen) atoms. The maximum absolute atomic E-state index is 6.20. The molecule has 5 heteroatoms. The molecule has 0 atom stereocenters. The molecule has 4 aromatic rings. The zero-order valence-electron chi connectivity index (χ0n) is 14.8. The van der Waals surface area contributed by atoms with Crippen molar-refractivity contribution in [2.75, 3.05) is 18.0 Å². The van der Waals surface area contributed by atoms with E-state index in [0.29, 0.717) is 5.71 Å². The Morgan fingerprint density at radius 1 is 1.00 bits per heavy atom. The van der Waals surface area contributed by atoms with Crippen molar-refractivity contribution in [2.45, 2.75) is 26.2 Å². The molecule has 0 amide bonds. The molecule has 0 unspecified atom stereocenters. The van der Waals surface area contributed by atoms with E-state index in [1.165, 1.54) is 19.3 Å². The molecular formula is C21H20N4O. The van der Waals surface area contributed by atoms with Crippen molar-refractivity contribution in [2.24, 2.45) is 0 Å². The third-order valence-corrected chi connectivity index (χ3v) is 5.13. The molecule has 0 bridgehead atoms. The summed E-state index contributed by atoms with van der Waals surface area (Å²) in [6.07, 6.45) is 5.32. The largest absolute Gasteiger partial charge is 0.432 e. The van der Waals surface area contributed by atoms with Gasteiger partial charge in [-0.15, -0.1) is 0 Å². The zero-order chi connectivity index (χ0) is 17.5. The van der Waals surface area contributed by atoms with Gasteiger partial charge in [0.25, 0.3) is 0 Å². The lowest BCUT2D eigenvalue weighted by Gasteiger charge is -2.27. The van der Waals surface area contributed by atoms with Crippen LogP contribution in [0.2, 0.25) is 0 Å². The third kappa shape index (κ3) is 2.43. The predicted octanol–water partition coefficient (Wildman–Crippen LogP) is 4.74. The number of hydrogen-bond donors (Lipinski definition) is 0. The van der Waals surface area contributed by atoms with Crippen molar-refractivity contribution >= 4 is 28.0 Å². The lowest BCUT2D eigenvalue weighted by molar-refractivity contribution is 0.568. The van der Waals surface area contributed by atoms with E-state index in [-0.39, 0.29) is 0 Å². The fourth-order valence-electron chi connectivity index (χ4n) is 3.83. The third-order valence-electron chi connectivity index (χ3n) is 5.13. The highest BCUT2D eigenvalue weighted by molar-refractivity contribution is 6.06. The Labute approximate surface area is 151 Å². The second-order valence-electron chi connectivity index (χ2n) is 6.90. The van der Waals surface area contributed by atoms with Gasteiger partial charge in [-0.05, 0) is 37.8 Å². The molecule has 0 aliphatic carbocycles. The van der Waals surface area contributed by atoms with E-state index >= 15 is 0 Å². The molecule has 0 spiro atoms. The van der Waals surface area contributed by atoms with E-state index in [0.717, 1.165) is 52.2 Å². The number of piperidine rings is 1. The van der Waals surface area contributed by atoms with Gasteiger partial charge in [0, 0.05) is 18.7 Å². The van der Waals surface area contributed by atoms with E-state index in [1.807, 2.05) is 18.2 Å². The molecule has 5 nitrogen and oxygen atoms in total. The minimum atomic E-state index is 0.637. The van der Waals surface area contributed by atoms with Gasteiger partial charge in [0.2, 0.25) is 5.71 Å². The SMILES string of the molecule is Cc1cc(-c2ccccc2)nc2oc3c(N4CCCCC4)ncnc3c12. The summed E-state index contributed by atoms with van der Waals surface area (Å²) in [4.78, 5) is 16.1. The molecule has 0 N–H and O–H groups in total. The van der Waals surface area contributed by atoms with Crippen molar-refractivity contribution in [1.82, 2.24) is 15.0 Å². The van der Waals surface area contributed by atoms with E-state index in [2.05, 4.69) is 40.0 Å². The Balaban J connectivity index is 1.72. The molecule has 1 aliphatic heterocycles. The molecule has 1 fully saturated rings. The number of aromatic nitrogens is 3. The first-order valence-electron chi connectivity index (χ1n) is 9.16. The van der Waals surface area contributed by atoms with Gasteiger partial charge in [-0.3, -0.25) is 0 Å². The van der Waals surface area contributed by atoms with Gasteiger partial charge in [-0.1, -0.05) is 30.3 Å². The summed E-state index contributed by atoms with van der Waals surface area (Å²) in [5.74, 6) is 0.897. The second-order valence-corrected chi connectivity index (χ2v) is 6.90. The molecule has 1 aliphatic rings. The van der Waals surface area contributed by atoms with Crippen LogP contribution in [0.15, 0.2) is 47.1 Å². The Bertz CT molecular complexity index is 1080. The summed E-state index contributed by atoms with van der Waals surface area (Å²) in [6.45, 7) is 4.13. The molecule has 0 saturated carbocycles. The van der Waals surface area contributed by atoms with Crippen molar-refractivity contribution in [3.8, 4) is 11.3 Å². The topological polar surface area (TPSA) is 55.1 Å². The Hall–Kier alpha value is -2.95. The lowest BCUT2D eigenvalue weighted by atomic mass is 10.1. The molecule has 0 radical (unpaired) electrons. The zero-order valence-corrected chi connectivity index (χ0v) is 14.8. The quantitative estimate of drug-likeness (QED) is 0.526. The monoisotopic (exact) mass is 344 g/mol. The average molecular weight is 344 g/mol. The standard InChI is InChI=1S/C21H20N4O/c1-14-12-16(15-8-4-2-5-9-15)24-21-17(14)18-19(26-21)20(23-13-22-18)25-10-6-3-7-11-25/h2,4-5,8-9,12-13H,3,6-7,10-11H2,1H3. The van der Waals surface area contributed by atoms with Gasteiger partial charge in [-0.25, -0.2) is 15.0 Å². The van der Waals surface area contributed by atoms with Gasteiger partial charge < -0.3 is 9.32 Å². The van der Waals surface area contributed by atoms with Crippen LogP contribution < -0.4 is 4.90 Å². The number of aryl methyl sites for hydroxylation is 1.